The molecule has 5 nitrogen and oxygen atoms in total. The van der Waals surface area contributed by atoms with Crippen molar-refractivity contribution in [3.63, 3.8) is 0 Å². The molecule has 0 saturated carbocycles. The van der Waals surface area contributed by atoms with Gasteiger partial charge in [-0.05, 0) is 51.3 Å². The molecule has 1 aromatic rings. The van der Waals surface area contributed by atoms with Gasteiger partial charge in [0.25, 0.3) is 0 Å². The Labute approximate surface area is 159 Å². The summed E-state index contributed by atoms with van der Waals surface area (Å²) in [7, 11) is 0. The van der Waals surface area contributed by atoms with Crippen LogP contribution in [-0.4, -0.2) is 49.7 Å². The van der Waals surface area contributed by atoms with Crippen LogP contribution in [0.15, 0.2) is 29.3 Å². The average molecular weight is 361 g/mol. The van der Waals surface area contributed by atoms with Crippen LogP contribution in [-0.2, 0) is 17.8 Å². The molecule has 0 amide bonds. The minimum absolute atomic E-state index is 0.679. The van der Waals surface area contributed by atoms with Gasteiger partial charge in [-0.15, -0.1) is 0 Å². The van der Waals surface area contributed by atoms with E-state index in [9.17, 15) is 0 Å². The number of likely N-dealkylation sites (tertiary alicyclic amines) is 1. The van der Waals surface area contributed by atoms with Crippen molar-refractivity contribution in [2.75, 3.05) is 32.8 Å². The Morgan fingerprint density at radius 1 is 1.19 bits per heavy atom. The first-order chi connectivity index (χ1) is 12.7. The van der Waals surface area contributed by atoms with Crippen molar-refractivity contribution in [1.82, 2.24) is 15.5 Å². The fourth-order valence-corrected chi connectivity index (χ4v) is 3.37. The quantitative estimate of drug-likeness (QED) is 0.403. The third-order valence-electron chi connectivity index (χ3n) is 4.93. The van der Waals surface area contributed by atoms with Crippen LogP contribution in [0.3, 0.4) is 0 Å². The number of aliphatic imine (C=N–C) groups is 1. The molecule has 1 fully saturated rings. The van der Waals surface area contributed by atoms with Crippen molar-refractivity contribution in [2.24, 2.45) is 4.99 Å². The van der Waals surface area contributed by atoms with Crippen LogP contribution < -0.4 is 10.6 Å². The number of nitrogens with zero attached hydrogens (tertiary/aromatic N) is 2. The number of nitrogens with one attached hydrogen (secondary N) is 2. The van der Waals surface area contributed by atoms with E-state index in [-0.39, 0.29) is 0 Å². The van der Waals surface area contributed by atoms with E-state index in [4.69, 9.17) is 9.73 Å². The number of hydrogen-bond acceptors (Lipinski definition) is 3. The number of rotatable bonds is 9. The lowest BCUT2D eigenvalue weighted by Crippen LogP contribution is -2.39. The first-order valence-corrected chi connectivity index (χ1v) is 10.1. The highest BCUT2D eigenvalue weighted by Gasteiger charge is 2.19. The second-order valence-electron chi connectivity index (χ2n) is 6.90. The highest BCUT2D eigenvalue weighted by atomic mass is 16.5. The van der Waals surface area contributed by atoms with Crippen molar-refractivity contribution < 1.29 is 4.74 Å². The third kappa shape index (κ3) is 6.96. The van der Waals surface area contributed by atoms with E-state index in [2.05, 4.69) is 53.6 Å². The maximum Gasteiger partial charge on any atom is 0.191 e. The molecule has 0 aromatic heterocycles. The Bertz CT molecular complexity index is 547. The van der Waals surface area contributed by atoms with Crippen molar-refractivity contribution in [3.8, 4) is 0 Å². The average Bonchev–Trinajstić information content (AvgIpc) is 2.66. The highest BCUT2D eigenvalue weighted by Crippen LogP contribution is 2.21. The van der Waals surface area contributed by atoms with Gasteiger partial charge in [-0.3, -0.25) is 4.90 Å². The van der Waals surface area contributed by atoms with Crippen LogP contribution in [0.4, 0.5) is 0 Å². The Morgan fingerprint density at radius 2 is 2.00 bits per heavy atom. The Kier molecular flexibility index (Phi) is 9.50. The molecule has 26 heavy (non-hydrogen) atoms. The molecular weight excluding hydrogens is 324 g/mol. The molecule has 1 atom stereocenters. The van der Waals surface area contributed by atoms with Gasteiger partial charge in [-0.1, -0.05) is 30.7 Å². The zero-order valence-corrected chi connectivity index (χ0v) is 16.8. The van der Waals surface area contributed by atoms with Gasteiger partial charge in [-0.25, -0.2) is 4.99 Å². The molecule has 1 unspecified atom stereocenters. The molecule has 0 aliphatic carbocycles. The number of benzene rings is 1. The minimum Gasteiger partial charge on any atom is -0.380 e. The zero-order chi connectivity index (χ0) is 18.6. The van der Waals surface area contributed by atoms with E-state index >= 15 is 0 Å². The number of ether oxygens (including phenoxy) is 1. The molecule has 2 rings (SSSR count). The van der Waals surface area contributed by atoms with Crippen LogP contribution >= 0.6 is 0 Å². The lowest BCUT2D eigenvalue weighted by atomic mass is 10.0. The summed E-state index contributed by atoms with van der Waals surface area (Å²) in [6.45, 7) is 12.5. The topological polar surface area (TPSA) is 48.9 Å². The van der Waals surface area contributed by atoms with Crippen LogP contribution in [0.2, 0.25) is 0 Å². The zero-order valence-electron chi connectivity index (χ0n) is 16.8. The fraction of sp³-hybridized carbons (Fsp3) is 0.667. The molecule has 0 bridgehead atoms. The smallest absolute Gasteiger partial charge is 0.191 e. The summed E-state index contributed by atoms with van der Waals surface area (Å²) >= 11 is 0. The van der Waals surface area contributed by atoms with Gasteiger partial charge in [0.15, 0.2) is 5.96 Å². The molecule has 1 saturated heterocycles. The first kappa shape index (κ1) is 20.7. The predicted molar refractivity (Wildman–Crippen MR) is 109 cm³/mol. The van der Waals surface area contributed by atoms with E-state index in [1.807, 2.05) is 6.92 Å². The van der Waals surface area contributed by atoms with E-state index in [0.29, 0.717) is 19.2 Å². The molecule has 146 valence electrons. The molecular formula is C21H36N4O. The Morgan fingerprint density at radius 3 is 2.73 bits per heavy atom. The monoisotopic (exact) mass is 360 g/mol. The van der Waals surface area contributed by atoms with Gasteiger partial charge in [0, 0.05) is 32.3 Å². The van der Waals surface area contributed by atoms with Gasteiger partial charge in [-0.2, -0.15) is 0 Å². The fourth-order valence-electron chi connectivity index (χ4n) is 3.37. The summed E-state index contributed by atoms with van der Waals surface area (Å²) in [4.78, 5) is 7.38. The second-order valence-corrected chi connectivity index (χ2v) is 6.90. The molecule has 1 aliphatic heterocycles. The molecule has 0 spiro atoms. The van der Waals surface area contributed by atoms with Crippen LogP contribution in [0.25, 0.3) is 0 Å². The predicted octanol–water partition coefficient (Wildman–Crippen LogP) is 3.15. The van der Waals surface area contributed by atoms with E-state index < -0.39 is 0 Å². The molecule has 5 heteroatoms. The highest BCUT2D eigenvalue weighted by molar-refractivity contribution is 5.79. The first-order valence-electron chi connectivity index (χ1n) is 10.1. The summed E-state index contributed by atoms with van der Waals surface area (Å²) in [6.07, 6.45) is 4.00. The van der Waals surface area contributed by atoms with Crippen molar-refractivity contribution in [3.05, 3.63) is 35.4 Å². The van der Waals surface area contributed by atoms with Crippen LogP contribution in [0, 0.1) is 0 Å². The van der Waals surface area contributed by atoms with E-state index in [0.717, 1.165) is 32.2 Å². The standard InChI is InChI=1S/C21H36N4O/c1-4-22-21(23-13-15-26-5-2)24-16-19-11-6-7-12-20(19)17-25-14-9-8-10-18(25)3/h6-7,11-12,18H,4-5,8-10,13-17H2,1-3H3,(H2,22,23,24). The number of guanidine groups is 1. The molecule has 1 aliphatic rings. The maximum atomic E-state index is 5.39. The minimum atomic E-state index is 0.679. The lowest BCUT2D eigenvalue weighted by molar-refractivity contribution is 0.152. The summed E-state index contributed by atoms with van der Waals surface area (Å²) in [5, 5.41) is 6.65. The summed E-state index contributed by atoms with van der Waals surface area (Å²) < 4.78 is 5.39. The molecule has 0 radical (unpaired) electrons. The summed E-state index contributed by atoms with van der Waals surface area (Å²) in [5.41, 5.74) is 2.71. The van der Waals surface area contributed by atoms with Gasteiger partial charge < -0.3 is 15.4 Å². The summed E-state index contributed by atoms with van der Waals surface area (Å²) in [5.74, 6) is 0.855. The van der Waals surface area contributed by atoms with Gasteiger partial charge in [0.05, 0.1) is 13.2 Å². The van der Waals surface area contributed by atoms with Gasteiger partial charge in [0.2, 0.25) is 0 Å². The third-order valence-corrected chi connectivity index (χ3v) is 4.93. The van der Waals surface area contributed by atoms with Crippen LogP contribution in [0.5, 0.6) is 0 Å². The van der Waals surface area contributed by atoms with E-state index in [1.54, 1.807) is 0 Å². The van der Waals surface area contributed by atoms with Crippen molar-refractivity contribution in [1.29, 1.82) is 0 Å². The lowest BCUT2D eigenvalue weighted by Gasteiger charge is -2.33. The van der Waals surface area contributed by atoms with E-state index in [1.165, 1.54) is 36.9 Å². The SMILES string of the molecule is CCNC(=NCc1ccccc1CN1CCCCC1C)NCCOCC. The Hall–Kier alpha value is -1.59. The second kappa shape index (κ2) is 11.9. The molecule has 1 aromatic carbocycles. The molecule has 1 heterocycles. The molecule has 2 N–H and O–H groups in total. The van der Waals surface area contributed by atoms with Gasteiger partial charge >= 0.3 is 0 Å². The Balaban J connectivity index is 1.98. The largest absolute Gasteiger partial charge is 0.380 e. The maximum absolute atomic E-state index is 5.39. The number of hydrogen-bond donors (Lipinski definition) is 2. The van der Waals surface area contributed by atoms with Crippen LogP contribution in [0.1, 0.15) is 51.2 Å². The normalized spacial score (nSPS) is 18.7. The van der Waals surface area contributed by atoms with Crippen molar-refractivity contribution >= 4 is 5.96 Å². The summed E-state index contributed by atoms with van der Waals surface area (Å²) in [6, 6.07) is 9.39. The number of piperidine rings is 1. The van der Waals surface area contributed by atoms with Crippen molar-refractivity contribution in [2.45, 2.75) is 59.2 Å². The van der Waals surface area contributed by atoms with Gasteiger partial charge in [0.1, 0.15) is 0 Å².